The van der Waals surface area contributed by atoms with E-state index in [0.29, 0.717) is 22.8 Å². The fourth-order valence-corrected chi connectivity index (χ4v) is 2.71. The normalized spacial score (nSPS) is 10.2. The van der Waals surface area contributed by atoms with Crippen LogP contribution in [-0.4, -0.2) is 37.6 Å². The van der Waals surface area contributed by atoms with Crippen molar-refractivity contribution in [3.63, 3.8) is 0 Å². The summed E-state index contributed by atoms with van der Waals surface area (Å²) in [6.45, 7) is 1.87. The second-order valence-corrected chi connectivity index (χ2v) is 5.97. The molecule has 0 saturated heterocycles. The Labute approximate surface area is 149 Å². The maximum absolute atomic E-state index is 12.2. The van der Waals surface area contributed by atoms with Crippen LogP contribution in [0.2, 0.25) is 0 Å². The standard InChI is InChI=1S/C17H20N2O5S/c1-4-15-19-12(10-25-15)9-24-16(20)8-18-17(21)11-5-13(22-2)7-14(6-11)23-3/h5-7,10H,4,8-9H2,1-3H3,(H,18,21). The van der Waals surface area contributed by atoms with E-state index < -0.39 is 11.9 Å². The second-order valence-electron chi connectivity index (χ2n) is 5.03. The van der Waals surface area contributed by atoms with Gasteiger partial charge in [0.1, 0.15) is 24.7 Å². The zero-order valence-electron chi connectivity index (χ0n) is 14.3. The lowest BCUT2D eigenvalue weighted by molar-refractivity contribution is -0.143. The van der Waals surface area contributed by atoms with Crippen LogP contribution < -0.4 is 14.8 Å². The van der Waals surface area contributed by atoms with Crippen LogP contribution in [0.15, 0.2) is 23.6 Å². The average molecular weight is 364 g/mol. The van der Waals surface area contributed by atoms with E-state index in [4.69, 9.17) is 14.2 Å². The van der Waals surface area contributed by atoms with Gasteiger partial charge in [-0.15, -0.1) is 11.3 Å². The van der Waals surface area contributed by atoms with E-state index in [1.807, 2.05) is 12.3 Å². The number of thiazole rings is 1. The zero-order valence-corrected chi connectivity index (χ0v) is 15.1. The van der Waals surface area contributed by atoms with Gasteiger partial charge in [-0.05, 0) is 18.6 Å². The molecule has 0 aliphatic rings. The van der Waals surface area contributed by atoms with E-state index in [1.165, 1.54) is 25.6 Å². The molecule has 0 unspecified atom stereocenters. The topological polar surface area (TPSA) is 86.8 Å². The molecule has 1 aromatic carbocycles. The van der Waals surface area contributed by atoms with Crippen LogP contribution in [0.3, 0.4) is 0 Å². The Bertz CT molecular complexity index is 722. The van der Waals surface area contributed by atoms with Gasteiger partial charge in [0.05, 0.1) is 24.9 Å². The van der Waals surface area contributed by atoms with Gasteiger partial charge in [0.15, 0.2) is 0 Å². The molecule has 0 bridgehead atoms. The number of hydrogen-bond donors (Lipinski definition) is 1. The van der Waals surface area contributed by atoms with Crippen LogP contribution in [0.1, 0.15) is 28.0 Å². The van der Waals surface area contributed by atoms with Crippen LogP contribution >= 0.6 is 11.3 Å². The van der Waals surface area contributed by atoms with Crippen LogP contribution in [0.25, 0.3) is 0 Å². The predicted octanol–water partition coefficient (Wildman–Crippen LogP) is 2.20. The lowest BCUT2D eigenvalue weighted by Gasteiger charge is -2.09. The lowest BCUT2D eigenvalue weighted by atomic mass is 10.2. The highest BCUT2D eigenvalue weighted by molar-refractivity contribution is 7.09. The SMILES string of the molecule is CCc1nc(COC(=O)CNC(=O)c2cc(OC)cc(OC)c2)cs1. The van der Waals surface area contributed by atoms with Crippen molar-refractivity contribution in [1.82, 2.24) is 10.3 Å². The first-order valence-corrected chi connectivity index (χ1v) is 8.53. The molecule has 8 heteroatoms. The van der Waals surface area contributed by atoms with Crippen LogP contribution in [0.5, 0.6) is 11.5 Å². The number of aromatic nitrogens is 1. The Morgan fingerprint density at radius 2 is 1.84 bits per heavy atom. The van der Waals surface area contributed by atoms with Gasteiger partial charge in [-0.25, -0.2) is 4.98 Å². The van der Waals surface area contributed by atoms with Crippen molar-refractivity contribution in [2.45, 2.75) is 20.0 Å². The third-order valence-electron chi connectivity index (χ3n) is 3.29. The first-order chi connectivity index (χ1) is 12.0. The maximum Gasteiger partial charge on any atom is 0.325 e. The predicted molar refractivity (Wildman–Crippen MR) is 93.2 cm³/mol. The molecule has 7 nitrogen and oxygen atoms in total. The second kappa shape index (κ2) is 9.03. The molecule has 25 heavy (non-hydrogen) atoms. The molecular formula is C17H20N2O5S. The molecule has 0 aliphatic heterocycles. The van der Waals surface area contributed by atoms with Crippen molar-refractivity contribution >= 4 is 23.2 Å². The number of nitrogens with zero attached hydrogens (tertiary/aromatic N) is 1. The fourth-order valence-electron chi connectivity index (χ4n) is 1.98. The zero-order chi connectivity index (χ0) is 18.2. The highest BCUT2D eigenvalue weighted by atomic mass is 32.1. The van der Waals surface area contributed by atoms with Crippen molar-refractivity contribution in [1.29, 1.82) is 0 Å². The van der Waals surface area contributed by atoms with E-state index in [-0.39, 0.29) is 13.2 Å². The summed E-state index contributed by atoms with van der Waals surface area (Å²) >= 11 is 1.53. The third-order valence-corrected chi connectivity index (χ3v) is 4.33. The van der Waals surface area contributed by atoms with Crippen molar-refractivity contribution in [2.24, 2.45) is 0 Å². The minimum Gasteiger partial charge on any atom is -0.497 e. The van der Waals surface area contributed by atoms with Crippen molar-refractivity contribution in [3.05, 3.63) is 39.8 Å². The van der Waals surface area contributed by atoms with Gasteiger partial charge in [0.25, 0.3) is 5.91 Å². The molecule has 0 aliphatic carbocycles. The summed E-state index contributed by atoms with van der Waals surface area (Å²) in [6.07, 6.45) is 0.846. The molecule has 0 atom stereocenters. The molecule has 1 heterocycles. The summed E-state index contributed by atoms with van der Waals surface area (Å²) in [6, 6.07) is 4.78. The summed E-state index contributed by atoms with van der Waals surface area (Å²) in [5.41, 5.74) is 1.04. The number of carbonyl (C=O) groups is 2. The Morgan fingerprint density at radius 1 is 1.16 bits per heavy atom. The molecule has 2 rings (SSSR count). The molecule has 0 spiro atoms. The summed E-state index contributed by atoms with van der Waals surface area (Å²) in [5.74, 6) is 0.0232. The van der Waals surface area contributed by atoms with Crippen molar-refractivity contribution in [2.75, 3.05) is 20.8 Å². The Hall–Kier alpha value is -2.61. The molecule has 0 fully saturated rings. The van der Waals surface area contributed by atoms with Crippen LogP contribution in [0.4, 0.5) is 0 Å². The van der Waals surface area contributed by atoms with Gasteiger partial charge >= 0.3 is 5.97 Å². The highest BCUT2D eigenvalue weighted by Crippen LogP contribution is 2.22. The Morgan fingerprint density at radius 3 is 2.40 bits per heavy atom. The molecule has 1 aromatic heterocycles. The van der Waals surface area contributed by atoms with Gasteiger partial charge < -0.3 is 19.5 Å². The van der Waals surface area contributed by atoms with Crippen LogP contribution in [0, 0.1) is 0 Å². The Kier molecular flexibility index (Phi) is 6.76. The van der Waals surface area contributed by atoms with E-state index in [2.05, 4.69) is 10.3 Å². The number of carbonyl (C=O) groups excluding carboxylic acids is 2. The number of benzene rings is 1. The first-order valence-electron chi connectivity index (χ1n) is 7.65. The monoisotopic (exact) mass is 364 g/mol. The minimum absolute atomic E-state index is 0.0954. The van der Waals surface area contributed by atoms with Gasteiger partial charge in [0.2, 0.25) is 0 Å². The average Bonchev–Trinajstić information content (AvgIpc) is 3.11. The molecular weight excluding hydrogens is 344 g/mol. The molecule has 0 radical (unpaired) electrons. The molecule has 2 aromatic rings. The Balaban J connectivity index is 1.85. The number of nitrogens with one attached hydrogen (secondary N) is 1. The van der Waals surface area contributed by atoms with Gasteiger partial charge in [-0.2, -0.15) is 0 Å². The van der Waals surface area contributed by atoms with E-state index in [1.54, 1.807) is 18.2 Å². The number of methoxy groups -OCH3 is 2. The molecule has 0 saturated carbocycles. The summed E-state index contributed by atoms with van der Waals surface area (Å²) in [4.78, 5) is 28.2. The number of aryl methyl sites for hydroxylation is 1. The van der Waals surface area contributed by atoms with Gasteiger partial charge in [-0.3, -0.25) is 9.59 Å². The van der Waals surface area contributed by atoms with Gasteiger partial charge in [-0.1, -0.05) is 6.92 Å². The lowest BCUT2D eigenvalue weighted by Crippen LogP contribution is -2.30. The van der Waals surface area contributed by atoms with Gasteiger partial charge in [0, 0.05) is 17.0 Å². The molecule has 134 valence electrons. The highest BCUT2D eigenvalue weighted by Gasteiger charge is 2.12. The van der Waals surface area contributed by atoms with Crippen molar-refractivity contribution < 1.29 is 23.8 Å². The van der Waals surface area contributed by atoms with E-state index >= 15 is 0 Å². The molecule has 1 amide bonds. The van der Waals surface area contributed by atoms with E-state index in [0.717, 1.165) is 11.4 Å². The van der Waals surface area contributed by atoms with E-state index in [9.17, 15) is 9.59 Å². The smallest absolute Gasteiger partial charge is 0.325 e. The quantitative estimate of drug-likeness (QED) is 0.723. The summed E-state index contributed by atoms with van der Waals surface area (Å²) < 4.78 is 15.3. The number of hydrogen-bond acceptors (Lipinski definition) is 7. The molecule has 1 N–H and O–H groups in total. The number of esters is 1. The van der Waals surface area contributed by atoms with Crippen molar-refractivity contribution in [3.8, 4) is 11.5 Å². The largest absolute Gasteiger partial charge is 0.497 e. The first kappa shape index (κ1) is 18.7. The number of amides is 1. The number of ether oxygens (including phenoxy) is 3. The number of rotatable bonds is 8. The third kappa shape index (κ3) is 5.46. The minimum atomic E-state index is -0.533. The fraction of sp³-hybridized carbons (Fsp3) is 0.353. The van der Waals surface area contributed by atoms with Crippen LogP contribution in [-0.2, 0) is 22.6 Å². The maximum atomic E-state index is 12.2. The summed E-state index contributed by atoms with van der Waals surface area (Å²) in [5, 5.41) is 5.36. The summed E-state index contributed by atoms with van der Waals surface area (Å²) in [7, 11) is 2.99.